The zero-order valence-corrected chi connectivity index (χ0v) is 79.9. The Kier molecular flexibility index (Phi) is 48.8. The van der Waals surface area contributed by atoms with E-state index in [4.69, 9.17) is 49.3 Å². The topological polar surface area (TPSA) is 713 Å². The van der Waals surface area contributed by atoms with Crippen LogP contribution in [0.4, 0.5) is 5.69 Å². The van der Waals surface area contributed by atoms with Crippen molar-refractivity contribution in [1.82, 2.24) is 100 Å². The number of aliphatic carboxylic acids is 1. The van der Waals surface area contributed by atoms with Crippen molar-refractivity contribution in [3.8, 4) is 5.75 Å². The lowest BCUT2D eigenvalue weighted by molar-refractivity contribution is -0.142. The summed E-state index contributed by atoms with van der Waals surface area (Å²) in [5.74, 6) is -15.8. The number of rotatable bonds is 61. The summed E-state index contributed by atoms with van der Waals surface area (Å²) in [5, 5.41) is 91.6. The van der Waals surface area contributed by atoms with E-state index in [1.54, 1.807) is 127 Å². The average molecular weight is 1880 g/mol. The first-order valence-corrected chi connectivity index (χ1v) is 46.0. The Morgan fingerprint density at radius 2 is 0.813 bits per heavy atom. The van der Waals surface area contributed by atoms with Crippen LogP contribution in [0.25, 0.3) is 21.8 Å². The van der Waals surface area contributed by atoms with Crippen molar-refractivity contribution in [2.75, 3.05) is 45.2 Å². The number of anilines is 1. The van der Waals surface area contributed by atoms with Crippen LogP contribution in [0.3, 0.4) is 0 Å². The van der Waals surface area contributed by atoms with Gasteiger partial charge in [0, 0.05) is 92.8 Å². The van der Waals surface area contributed by atoms with Crippen LogP contribution in [0.15, 0.2) is 60.9 Å². The van der Waals surface area contributed by atoms with Gasteiger partial charge in [-0.25, -0.2) is 4.79 Å². The van der Waals surface area contributed by atoms with E-state index in [-0.39, 0.29) is 151 Å². The molecule has 4 aromatic rings. The molecule has 0 saturated heterocycles. The third-order valence-corrected chi connectivity index (χ3v) is 22.7. The minimum absolute atomic E-state index is 0.000733. The molecule has 13 amide bonds. The molecule has 1 unspecified atom stereocenters. The fourth-order valence-electron chi connectivity index (χ4n) is 14.5. The molecule has 15 atom stereocenters. The predicted octanol–water partition coefficient (Wildman–Crippen LogP) is 0.526. The van der Waals surface area contributed by atoms with Gasteiger partial charge in [-0.2, -0.15) is 0 Å². The van der Waals surface area contributed by atoms with Gasteiger partial charge < -0.3 is 133 Å². The number of nitrogens with zero attached hydrogens (tertiary/aromatic N) is 1. The van der Waals surface area contributed by atoms with E-state index in [0.717, 1.165) is 16.6 Å². The van der Waals surface area contributed by atoms with Crippen LogP contribution in [0.5, 0.6) is 5.75 Å². The maximum Gasteiger partial charge on any atom is 0.326 e. The molecule has 2 aromatic carbocycles. The van der Waals surface area contributed by atoms with Crippen LogP contribution in [-0.4, -0.2) is 240 Å². The van der Waals surface area contributed by atoms with E-state index in [1.807, 2.05) is 31.2 Å². The van der Waals surface area contributed by atoms with Crippen molar-refractivity contribution in [2.45, 2.75) is 278 Å². The van der Waals surface area contributed by atoms with Crippen LogP contribution in [0.2, 0.25) is 0 Å². The van der Waals surface area contributed by atoms with E-state index in [1.165, 1.54) is 6.92 Å². The summed E-state index contributed by atoms with van der Waals surface area (Å²) in [6, 6.07) is -1.87. The number of fused-ring (bicyclic) bond motifs is 2. The number of aromatic amines is 1. The van der Waals surface area contributed by atoms with E-state index < -0.39 is 179 Å². The number of ether oxygens (including phenoxy) is 1. The number of carbonyl (C=O) groups is 14. The quantitative estimate of drug-likeness (QED) is 0.0163. The highest BCUT2D eigenvalue weighted by Crippen LogP contribution is 2.29. The number of nitrogens with two attached hydrogens (primary N) is 4. The Balaban J connectivity index is 1.51. The Morgan fingerprint density at radius 1 is 0.425 bits per heavy atom. The van der Waals surface area contributed by atoms with E-state index in [9.17, 15) is 67.4 Å². The minimum atomic E-state index is -1.49. The number of amides is 13. The Hall–Kier alpha value is -13.4. The predicted molar refractivity (Wildman–Crippen MR) is 511 cm³/mol. The first-order valence-electron chi connectivity index (χ1n) is 46.0. The van der Waals surface area contributed by atoms with E-state index in [0.29, 0.717) is 48.0 Å². The van der Waals surface area contributed by atoms with Crippen LogP contribution in [0.1, 0.15) is 199 Å². The standard InChI is InChI=1S/C90H148N28O16/c1-16-51(11)72(84(130)113-66(44-56-46-105-59-29-19-18-28-58(56)59)79(125)108-60(30-22-38-101-87(91)92)76(122)111-63(86(132)133)33-25-41-104-90(97)98)117-78(124)62(32-24-40-103-89(95)96)110-83(129)71(50(9)10)115-75(121)54(14)107-81(127)70(49(7)8)116-85(131)73(52(12)17-2)118-80(126)65(42-47(3)4)112-77(123)61(31-23-39-102-88(93)94)109-82(128)69(48(5)6)114-68(120)35-34-67(119)99-36-20-26-53(13)106-64-45-57(134-15)43-55-27-21-37-100-74(55)64/h18-19,21,27-29,37,43,45-54,60-63,65-66,69-73,105-106H,16-17,20,22-26,30-36,38-42,44H2,1-15H3,(H,99,119)(H,107,127)(H,108,125)(H,109,128)(H,110,129)(H,111,122)(H,112,123)(H,113,130)(H,114,120)(H,115,121)(H,116,131)(H,117,124)(H,118,126)(H,132,133)(H4,91,92,101)(H4,93,94,102)(H4,95,96,103)(H4,97,98,104)/t51-,52-,53?,54-,60-,61-,62-,63-,65-,66-,69-,70-,71-,72-,73-/m0/s1. The summed E-state index contributed by atoms with van der Waals surface area (Å²) in [6.07, 6.45) is 4.82. The van der Waals surface area contributed by atoms with Gasteiger partial charge in [0.1, 0.15) is 78.3 Å². The van der Waals surface area contributed by atoms with Gasteiger partial charge in [-0.15, -0.1) is 0 Å². The molecule has 0 saturated carbocycles. The van der Waals surface area contributed by atoms with Crippen molar-refractivity contribution < 1.29 is 77.0 Å². The fraction of sp³-hybridized carbons (Fsp3) is 0.611. The summed E-state index contributed by atoms with van der Waals surface area (Å²) >= 11 is 0. The molecule has 2 aromatic heterocycles. The highest BCUT2D eigenvalue weighted by molar-refractivity contribution is 6.01. The number of nitrogens with one attached hydrogen (secondary N) is 23. The monoisotopic (exact) mass is 1880 g/mol. The second-order valence-corrected chi connectivity index (χ2v) is 35.3. The summed E-state index contributed by atoms with van der Waals surface area (Å²) in [6.45, 7) is 24.4. The summed E-state index contributed by atoms with van der Waals surface area (Å²) < 4.78 is 5.48. The molecule has 134 heavy (non-hydrogen) atoms. The molecule has 2 heterocycles. The van der Waals surface area contributed by atoms with Gasteiger partial charge in [-0.05, 0) is 144 Å². The number of carbonyl (C=O) groups excluding carboxylic acids is 13. The minimum Gasteiger partial charge on any atom is -0.497 e. The van der Waals surface area contributed by atoms with Crippen molar-refractivity contribution in [2.24, 2.45) is 58.4 Å². The van der Waals surface area contributed by atoms with Gasteiger partial charge in [-0.1, -0.05) is 120 Å². The molecular formula is C90H148N28O16. The SMILES string of the molecule is CC[C@H](C)[C@H](NC(=O)[C@H](CCCNC(=N)N)NC(=O)[C@@H](NC(=O)[C@H](C)NC(=O)[C@@H](NC(=O)[C@@H](NC(=O)[C@H](CC(C)C)NC(=O)[C@H](CCCNC(=N)N)NC(=O)[C@@H](NC(=O)CCC(=O)NCCCC(C)Nc1cc(OC)cc2cccnc12)C(C)C)[C@@H](C)CC)C(C)C)C(C)C)C(=O)N[C@@H](Cc1c[nH]c2ccccc12)C(=O)N[C@@H](CCCNC(=N)N)C(=O)N[C@@H](CCCNC(=N)N)C(=O)O. The van der Waals surface area contributed by atoms with Crippen molar-refractivity contribution >= 4 is 134 Å². The third-order valence-electron chi connectivity index (χ3n) is 22.7. The smallest absolute Gasteiger partial charge is 0.326 e. The lowest BCUT2D eigenvalue weighted by Gasteiger charge is -2.31. The zero-order valence-electron chi connectivity index (χ0n) is 79.9. The molecular weight excluding hydrogens is 1730 g/mol. The molecule has 0 aliphatic heterocycles. The highest BCUT2D eigenvalue weighted by atomic mass is 16.5. The number of guanidine groups is 4. The van der Waals surface area contributed by atoms with Crippen LogP contribution < -0.4 is 123 Å². The molecule has 32 N–H and O–H groups in total. The molecule has 44 nitrogen and oxygen atoms in total. The lowest BCUT2D eigenvalue weighted by atomic mass is 9.95. The maximum atomic E-state index is 15.0. The van der Waals surface area contributed by atoms with Gasteiger partial charge in [0.25, 0.3) is 0 Å². The number of carboxylic acid groups (broad SMARTS) is 1. The lowest BCUT2D eigenvalue weighted by Crippen LogP contribution is -2.62. The number of benzene rings is 2. The van der Waals surface area contributed by atoms with Gasteiger partial charge >= 0.3 is 5.97 Å². The molecule has 744 valence electrons. The second kappa shape index (κ2) is 57.8. The third kappa shape index (κ3) is 39.6. The van der Waals surface area contributed by atoms with Gasteiger partial charge in [0.05, 0.1) is 18.3 Å². The maximum absolute atomic E-state index is 15.0. The van der Waals surface area contributed by atoms with Gasteiger partial charge in [0.2, 0.25) is 76.8 Å². The Bertz CT molecular complexity index is 4620. The number of methoxy groups -OCH3 is 1. The largest absolute Gasteiger partial charge is 0.497 e. The van der Waals surface area contributed by atoms with Crippen LogP contribution in [0, 0.1) is 57.1 Å². The van der Waals surface area contributed by atoms with E-state index in [2.05, 4.69) is 106 Å². The molecule has 4 rings (SSSR count). The number of para-hydroxylation sites is 1. The second-order valence-electron chi connectivity index (χ2n) is 35.3. The Labute approximate surface area is 783 Å². The number of hydrogen-bond acceptors (Lipinski definition) is 21. The molecule has 44 heteroatoms. The summed E-state index contributed by atoms with van der Waals surface area (Å²) in [5.41, 5.74) is 24.9. The molecule has 0 bridgehead atoms. The van der Waals surface area contributed by atoms with Crippen molar-refractivity contribution in [1.29, 1.82) is 21.6 Å². The first-order chi connectivity index (χ1) is 63.3. The summed E-state index contributed by atoms with van der Waals surface area (Å²) in [4.78, 5) is 207. The molecule has 0 spiro atoms. The van der Waals surface area contributed by atoms with Gasteiger partial charge in [0.15, 0.2) is 23.8 Å². The van der Waals surface area contributed by atoms with Crippen molar-refractivity contribution in [3.63, 3.8) is 0 Å². The number of pyridine rings is 1. The normalized spacial score (nSPS) is 14.6. The van der Waals surface area contributed by atoms with E-state index >= 15 is 4.79 Å². The first kappa shape index (κ1) is 113. The van der Waals surface area contributed by atoms with Gasteiger partial charge in [-0.3, -0.25) is 89.0 Å². The summed E-state index contributed by atoms with van der Waals surface area (Å²) in [7, 11) is 1.59. The number of aromatic nitrogens is 2. The molecule has 0 aliphatic rings. The highest BCUT2D eigenvalue weighted by Gasteiger charge is 2.40. The zero-order chi connectivity index (χ0) is 100. The van der Waals surface area contributed by atoms with Crippen molar-refractivity contribution in [3.05, 3.63) is 66.5 Å². The molecule has 0 fully saturated rings. The number of H-pyrrole nitrogens is 1. The average Bonchev–Trinajstić information content (AvgIpc) is 1.33. The number of carboxylic acids is 1. The van der Waals surface area contributed by atoms with Crippen LogP contribution in [-0.2, 0) is 73.5 Å². The molecule has 0 aliphatic carbocycles. The van der Waals surface area contributed by atoms with Crippen LogP contribution >= 0.6 is 0 Å². The fourth-order valence-corrected chi connectivity index (χ4v) is 14.5. The molecule has 0 radical (unpaired) electrons. The number of hydrogen-bond donors (Lipinski definition) is 28. The Morgan fingerprint density at radius 3 is 1.29 bits per heavy atom.